The van der Waals surface area contributed by atoms with Crippen molar-refractivity contribution in [1.82, 2.24) is 5.32 Å². The zero-order chi connectivity index (χ0) is 25.9. The van der Waals surface area contributed by atoms with Gasteiger partial charge in [0.1, 0.15) is 18.1 Å². The van der Waals surface area contributed by atoms with E-state index in [0.717, 1.165) is 11.1 Å². The lowest BCUT2D eigenvalue weighted by Crippen LogP contribution is -2.38. The van der Waals surface area contributed by atoms with Gasteiger partial charge in [0.15, 0.2) is 5.78 Å². The van der Waals surface area contributed by atoms with Crippen molar-refractivity contribution in [3.63, 3.8) is 0 Å². The highest BCUT2D eigenvalue weighted by Crippen LogP contribution is 2.53. The molecule has 0 bridgehead atoms. The number of para-hydroxylation sites is 2. The summed E-state index contributed by atoms with van der Waals surface area (Å²) in [5.41, 5.74) is 8.26. The van der Waals surface area contributed by atoms with Gasteiger partial charge in [-0.25, -0.2) is 9.36 Å². The minimum atomic E-state index is -4.01. The Morgan fingerprint density at radius 3 is 1.78 bits per heavy atom. The summed E-state index contributed by atoms with van der Waals surface area (Å²) in [4.78, 5) is 12.9. The van der Waals surface area contributed by atoms with Crippen LogP contribution in [-0.4, -0.2) is 11.9 Å². The van der Waals surface area contributed by atoms with Crippen molar-refractivity contribution >= 4 is 19.4 Å². The fourth-order valence-corrected chi connectivity index (χ4v) is 5.43. The molecule has 7 nitrogen and oxygen atoms in total. The number of benzene rings is 4. The fraction of sp³-hybridized carbons (Fsp3) is 0.138. The summed E-state index contributed by atoms with van der Waals surface area (Å²) < 4.78 is 31.8. The zero-order valence-electron chi connectivity index (χ0n) is 20.2. The smallest absolute Gasteiger partial charge is 0.445 e. The first-order valence-corrected chi connectivity index (χ1v) is 13.5. The van der Waals surface area contributed by atoms with E-state index in [9.17, 15) is 9.36 Å². The average Bonchev–Trinajstić information content (AvgIpc) is 2.92. The van der Waals surface area contributed by atoms with Crippen LogP contribution in [0.1, 0.15) is 17.5 Å². The molecule has 4 aromatic rings. The molecule has 0 aliphatic carbocycles. The van der Waals surface area contributed by atoms with Crippen molar-refractivity contribution in [2.75, 3.05) is 5.73 Å². The molecule has 0 heterocycles. The molecule has 4 rings (SSSR count). The number of ether oxygens (including phenoxy) is 1. The second-order valence-corrected chi connectivity index (χ2v) is 10.4. The zero-order valence-corrected chi connectivity index (χ0v) is 21.1. The number of alkyl carbamates (subject to hydrolysis) is 1. The molecule has 1 amide bonds. The first kappa shape index (κ1) is 25.9. The van der Waals surface area contributed by atoms with E-state index in [1.54, 1.807) is 60.7 Å². The highest BCUT2D eigenvalue weighted by atomic mass is 31.2. The quantitative estimate of drug-likeness (QED) is 0.168. The van der Waals surface area contributed by atoms with Crippen molar-refractivity contribution in [3.8, 4) is 11.5 Å². The Kier molecular flexibility index (Phi) is 8.84. The number of carbonyl (C=O) groups is 1. The minimum Gasteiger partial charge on any atom is -0.445 e. The van der Waals surface area contributed by atoms with Crippen molar-refractivity contribution in [2.45, 2.75) is 25.2 Å². The van der Waals surface area contributed by atoms with Gasteiger partial charge in [-0.3, -0.25) is 0 Å². The molecule has 0 spiro atoms. The molecule has 0 saturated heterocycles. The molecule has 3 N–H and O–H groups in total. The molecule has 1 atom stereocenters. The van der Waals surface area contributed by atoms with Crippen molar-refractivity contribution < 1.29 is 23.1 Å². The van der Waals surface area contributed by atoms with Crippen LogP contribution >= 0.6 is 7.60 Å². The topological polar surface area (TPSA) is 99.9 Å². The summed E-state index contributed by atoms with van der Waals surface area (Å²) in [6.45, 7) is 0.0702. The summed E-state index contributed by atoms with van der Waals surface area (Å²) >= 11 is 0. The maximum atomic E-state index is 14.4. The van der Waals surface area contributed by atoms with Gasteiger partial charge in [-0.1, -0.05) is 78.9 Å². The second-order valence-electron chi connectivity index (χ2n) is 8.35. The molecular weight excluding hydrogens is 487 g/mol. The van der Waals surface area contributed by atoms with Crippen LogP contribution in [0.5, 0.6) is 11.5 Å². The van der Waals surface area contributed by atoms with E-state index in [0.29, 0.717) is 23.6 Å². The Bertz CT molecular complexity index is 1260. The molecule has 0 aliphatic heterocycles. The van der Waals surface area contributed by atoms with E-state index in [1.165, 1.54) is 0 Å². The summed E-state index contributed by atoms with van der Waals surface area (Å²) in [5, 5.41) is 2.75. The maximum absolute atomic E-state index is 14.4. The van der Waals surface area contributed by atoms with Crippen LogP contribution in [-0.2, 0) is 22.3 Å². The van der Waals surface area contributed by atoms with Gasteiger partial charge < -0.3 is 24.8 Å². The Morgan fingerprint density at radius 2 is 1.24 bits per heavy atom. The van der Waals surface area contributed by atoms with Crippen LogP contribution in [0.4, 0.5) is 10.5 Å². The Labute approximate surface area is 216 Å². The molecule has 8 heteroatoms. The summed E-state index contributed by atoms with van der Waals surface area (Å²) in [6.07, 6.45) is 0.0330. The standard InChI is InChI=1S/C29H29N2O5P/c30-25-19-16-23(17-20-25)18-21-28(31-29(32)34-22-24-10-4-1-5-11-24)37(33,35-26-12-6-2-7-13-26)36-27-14-8-3-9-15-27/h1-17,19-20,28H,18,21-22,30H2,(H,31,32). The van der Waals surface area contributed by atoms with E-state index in [4.69, 9.17) is 19.5 Å². The number of amides is 1. The molecule has 1 unspecified atom stereocenters. The molecule has 190 valence electrons. The van der Waals surface area contributed by atoms with Crippen LogP contribution in [0.2, 0.25) is 0 Å². The molecule has 0 aromatic heterocycles. The number of nitrogen functional groups attached to an aromatic ring is 1. The Morgan fingerprint density at radius 1 is 0.730 bits per heavy atom. The molecule has 0 fully saturated rings. The van der Waals surface area contributed by atoms with Gasteiger partial charge in [0.2, 0.25) is 0 Å². The van der Waals surface area contributed by atoms with Gasteiger partial charge in [0, 0.05) is 5.69 Å². The van der Waals surface area contributed by atoms with Crippen LogP contribution < -0.4 is 20.1 Å². The van der Waals surface area contributed by atoms with E-state index < -0.39 is 19.5 Å². The number of nitrogens with two attached hydrogens (primary N) is 1. The largest absolute Gasteiger partial charge is 0.453 e. The van der Waals surface area contributed by atoms with Gasteiger partial charge in [-0.05, 0) is 60.4 Å². The van der Waals surface area contributed by atoms with Gasteiger partial charge in [-0.2, -0.15) is 0 Å². The Hall–Kier alpha value is -4.22. The molecule has 0 radical (unpaired) electrons. The van der Waals surface area contributed by atoms with E-state index in [-0.39, 0.29) is 13.0 Å². The lowest BCUT2D eigenvalue weighted by molar-refractivity contribution is 0.137. The SMILES string of the molecule is Nc1ccc(CCC(NC(=O)OCc2ccccc2)P(=O)(Oc2ccccc2)Oc2ccccc2)cc1. The van der Waals surface area contributed by atoms with E-state index >= 15 is 0 Å². The summed E-state index contributed by atoms with van der Waals surface area (Å²) in [5.74, 6) is -0.286. The second kappa shape index (κ2) is 12.7. The monoisotopic (exact) mass is 516 g/mol. The normalized spacial score (nSPS) is 11.8. The number of rotatable bonds is 11. The highest BCUT2D eigenvalue weighted by molar-refractivity contribution is 7.55. The molecule has 4 aromatic carbocycles. The molecule has 0 aliphatic rings. The third-order valence-corrected chi connectivity index (χ3v) is 7.60. The number of carbonyl (C=O) groups excluding carboxylic acids is 1. The average molecular weight is 517 g/mol. The van der Waals surface area contributed by atoms with E-state index in [2.05, 4.69) is 5.32 Å². The van der Waals surface area contributed by atoms with Crippen LogP contribution in [0, 0.1) is 0 Å². The third-order valence-electron chi connectivity index (χ3n) is 5.52. The van der Waals surface area contributed by atoms with Crippen LogP contribution in [0.25, 0.3) is 0 Å². The molecule has 37 heavy (non-hydrogen) atoms. The highest BCUT2D eigenvalue weighted by Gasteiger charge is 2.41. The predicted octanol–water partition coefficient (Wildman–Crippen LogP) is 6.81. The number of hydrogen-bond acceptors (Lipinski definition) is 6. The van der Waals surface area contributed by atoms with Gasteiger partial charge in [0.25, 0.3) is 0 Å². The van der Waals surface area contributed by atoms with Crippen LogP contribution in [0.3, 0.4) is 0 Å². The predicted molar refractivity (Wildman–Crippen MR) is 144 cm³/mol. The molecular formula is C29H29N2O5P. The first-order valence-electron chi connectivity index (χ1n) is 11.9. The summed E-state index contributed by atoms with van der Waals surface area (Å²) in [7, 11) is -4.01. The van der Waals surface area contributed by atoms with Gasteiger partial charge in [-0.15, -0.1) is 0 Å². The fourth-order valence-electron chi connectivity index (χ4n) is 3.60. The number of aryl methyl sites for hydroxylation is 1. The van der Waals surface area contributed by atoms with Crippen molar-refractivity contribution in [1.29, 1.82) is 0 Å². The third kappa shape index (κ3) is 7.89. The lowest BCUT2D eigenvalue weighted by atomic mass is 10.1. The number of nitrogens with one attached hydrogen (secondary N) is 1. The first-order chi connectivity index (χ1) is 18.0. The van der Waals surface area contributed by atoms with Gasteiger partial charge >= 0.3 is 13.7 Å². The van der Waals surface area contributed by atoms with Crippen molar-refractivity contribution in [2.24, 2.45) is 0 Å². The number of hydrogen-bond donors (Lipinski definition) is 2. The Balaban J connectivity index is 1.59. The maximum Gasteiger partial charge on any atom is 0.453 e. The lowest BCUT2D eigenvalue weighted by Gasteiger charge is -2.28. The number of anilines is 1. The molecule has 0 saturated carbocycles. The van der Waals surface area contributed by atoms with Gasteiger partial charge in [0.05, 0.1) is 0 Å². The van der Waals surface area contributed by atoms with Crippen LogP contribution in [0.15, 0.2) is 115 Å². The minimum absolute atomic E-state index is 0.0702. The van der Waals surface area contributed by atoms with Crippen molar-refractivity contribution in [3.05, 3.63) is 126 Å². The van der Waals surface area contributed by atoms with E-state index in [1.807, 2.05) is 54.6 Å². The summed E-state index contributed by atoms with van der Waals surface area (Å²) in [6, 6.07) is 34.2.